The van der Waals surface area contributed by atoms with Gasteiger partial charge in [-0.2, -0.15) is 0 Å². The van der Waals surface area contributed by atoms with Gasteiger partial charge in [0.15, 0.2) is 0 Å². The Hall–Kier alpha value is -1.57. The highest BCUT2D eigenvalue weighted by molar-refractivity contribution is 5.47. The van der Waals surface area contributed by atoms with Crippen molar-refractivity contribution in [3.8, 4) is 0 Å². The smallest absolute Gasteiger partial charge is 0.278 e. The van der Waals surface area contributed by atoms with Gasteiger partial charge in [0.05, 0.1) is 30.4 Å². The Balaban J connectivity index is 2.45. The van der Waals surface area contributed by atoms with Crippen LogP contribution in [0.25, 0.3) is 0 Å². The first kappa shape index (κ1) is 16.5. The third-order valence-electron chi connectivity index (χ3n) is 2.91. The lowest BCUT2D eigenvalue weighted by molar-refractivity contribution is -0.386. The number of pyridine rings is 1. The number of hydrogen-bond acceptors (Lipinski definition) is 6. The molecule has 1 aromatic heterocycles. The zero-order valence-electron chi connectivity index (χ0n) is 12.1. The van der Waals surface area contributed by atoms with Crippen LogP contribution in [0.5, 0.6) is 0 Å². The normalized spacial score (nSPS) is 10.8. The zero-order valence-corrected chi connectivity index (χ0v) is 12.1. The molecule has 112 valence electrons. The maximum atomic E-state index is 11.0. The summed E-state index contributed by atoms with van der Waals surface area (Å²) in [6, 6.07) is 0. The molecule has 0 radical (unpaired) electrons. The fourth-order valence-electron chi connectivity index (χ4n) is 1.82. The van der Waals surface area contributed by atoms with E-state index in [1.807, 2.05) is 0 Å². The molecule has 0 saturated heterocycles. The monoisotopic (exact) mass is 283 g/mol. The first-order valence-electron chi connectivity index (χ1n) is 6.44. The van der Waals surface area contributed by atoms with Crippen LogP contribution in [0.4, 0.5) is 5.69 Å². The average Bonchev–Trinajstić information content (AvgIpc) is 2.39. The van der Waals surface area contributed by atoms with E-state index in [0.29, 0.717) is 49.7 Å². The van der Waals surface area contributed by atoms with Crippen LogP contribution in [0.2, 0.25) is 0 Å². The number of nitrogens with zero attached hydrogens (tertiary/aromatic N) is 2. The summed E-state index contributed by atoms with van der Waals surface area (Å²) in [5.41, 5.74) is 2.04. The molecule has 7 nitrogen and oxygen atoms in total. The van der Waals surface area contributed by atoms with Gasteiger partial charge in [0.25, 0.3) is 5.69 Å². The number of methoxy groups -OCH3 is 1. The molecule has 0 spiro atoms. The first-order valence-corrected chi connectivity index (χ1v) is 6.44. The number of hydrogen-bond donors (Lipinski definition) is 1. The highest BCUT2D eigenvalue weighted by Crippen LogP contribution is 2.23. The van der Waals surface area contributed by atoms with Crippen LogP contribution in [0.1, 0.15) is 16.8 Å². The van der Waals surface area contributed by atoms with Gasteiger partial charge in [-0.05, 0) is 13.8 Å². The summed E-state index contributed by atoms with van der Waals surface area (Å²) in [5.74, 6) is 0. The topological polar surface area (TPSA) is 86.5 Å². The standard InChI is InChI=1S/C13H21N3O4/c1-10-8-15-12(11(2)13(10)16(17)18)9-14-4-5-20-7-6-19-3/h8,14H,4-7,9H2,1-3H3. The van der Waals surface area contributed by atoms with Gasteiger partial charge in [-0.25, -0.2) is 0 Å². The summed E-state index contributed by atoms with van der Waals surface area (Å²) in [6.45, 7) is 6.27. The summed E-state index contributed by atoms with van der Waals surface area (Å²) < 4.78 is 10.2. The predicted octanol–water partition coefficient (Wildman–Crippen LogP) is 1.36. The van der Waals surface area contributed by atoms with E-state index in [2.05, 4.69) is 10.3 Å². The van der Waals surface area contributed by atoms with Crippen LogP contribution in [-0.4, -0.2) is 43.4 Å². The molecule has 1 heterocycles. The van der Waals surface area contributed by atoms with Crippen LogP contribution in [0.3, 0.4) is 0 Å². The molecule has 0 aromatic carbocycles. The molecule has 0 fully saturated rings. The van der Waals surface area contributed by atoms with E-state index in [-0.39, 0.29) is 10.6 Å². The third-order valence-corrected chi connectivity index (χ3v) is 2.91. The van der Waals surface area contributed by atoms with Gasteiger partial charge >= 0.3 is 0 Å². The van der Waals surface area contributed by atoms with Gasteiger partial charge in [-0.1, -0.05) is 0 Å². The third kappa shape index (κ3) is 4.84. The number of rotatable bonds is 9. The zero-order chi connectivity index (χ0) is 15.0. The second kappa shape index (κ2) is 8.57. The lowest BCUT2D eigenvalue weighted by Crippen LogP contribution is -2.21. The molecule has 0 aliphatic rings. The second-order valence-corrected chi connectivity index (χ2v) is 4.40. The molecule has 0 saturated carbocycles. The van der Waals surface area contributed by atoms with Crippen molar-refractivity contribution in [3.63, 3.8) is 0 Å². The lowest BCUT2D eigenvalue weighted by Gasteiger charge is -2.09. The summed E-state index contributed by atoms with van der Waals surface area (Å²) in [7, 11) is 1.63. The van der Waals surface area contributed by atoms with Crippen molar-refractivity contribution in [2.75, 3.05) is 33.5 Å². The number of ether oxygens (including phenoxy) is 2. The van der Waals surface area contributed by atoms with Crippen LogP contribution >= 0.6 is 0 Å². The van der Waals surface area contributed by atoms with Crippen molar-refractivity contribution in [1.29, 1.82) is 0 Å². The van der Waals surface area contributed by atoms with E-state index in [1.54, 1.807) is 21.0 Å². The molecule has 1 rings (SSSR count). The minimum atomic E-state index is -0.357. The molecule has 0 bridgehead atoms. The summed E-state index contributed by atoms with van der Waals surface area (Å²) >= 11 is 0. The number of nitrogens with one attached hydrogen (secondary N) is 1. The number of nitro groups is 1. The van der Waals surface area contributed by atoms with Crippen LogP contribution in [0.15, 0.2) is 6.20 Å². The van der Waals surface area contributed by atoms with Crippen molar-refractivity contribution in [3.05, 3.63) is 33.1 Å². The van der Waals surface area contributed by atoms with Crippen molar-refractivity contribution in [2.24, 2.45) is 0 Å². The van der Waals surface area contributed by atoms with Gasteiger partial charge in [-0.15, -0.1) is 0 Å². The Morgan fingerprint density at radius 3 is 2.75 bits per heavy atom. The highest BCUT2D eigenvalue weighted by atomic mass is 16.6. The minimum Gasteiger partial charge on any atom is -0.382 e. The fourth-order valence-corrected chi connectivity index (χ4v) is 1.82. The van der Waals surface area contributed by atoms with Crippen molar-refractivity contribution in [2.45, 2.75) is 20.4 Å². The Morgan fingerprint density at radius 2 is 2.10 bits per heavy atom. The molecule has 7 heteroatoms. The number of aromatic nitrogens is 1. The predicted molar refractivity (Wildman–Crippen MR) is 74.8 cm³/mol. The molecule has 20 heavy (non-hydrogen) atoms. The summed E-state index contributed by atoms with van der Waals surface area (Å²) in [5, 5.41) is 14.2. The van der Waals surface area contributed by atoms with E-state index >= 15 is 0 Å². The molecular formula is C13H21N3O4. The van der Waals surface area contributed by atoms with Crippen molar-refractivity contribution in [1.82, 2.24) is 10.3 Å². The highest BCUT2D eigenvalue weighted by Gasteiger charge is 2.18. The molecule has 1 N–H and O–H groups in total. The molecule has 0 amide bonds. The van der Waals surface area contributed by atoms with Crippen LogP contribution < -0.4 is 5.32 Å². The van der Waals surface area contributed by atoms with Gasteiger partial charge in [0.1, 0.15) is 0 Å². The summed E-state index contributed by atoms with van der Waals surface area (Å²) in [4.78, 5) is 14.9. The molecular weight excluding hydrogens is 262 g/mol. The van der Waals surface area contributed by atoms with E-state index in [1.165, 1.54) is 6.20 Å². The van der Waals surface area contributed by atoms with Crippen molar-refractivity contribution >= 4 is 5.69 Å². The Labute approximate surface area is 118 Å². The van der Waals surface area contributed by atoms with Gasteiger partial charge in [0.2, 0.25) is 0 Å². The fraction of sp³-hybridized carbons (Fsp3) is 0.615. The van der Waals surface area contributed by atoms with Crippen LogP contribution in [-0.2, 0) is 16.0 Å². The molecule has 0 atom stereocenters. The van der Waals surface area contributed by atoms with E-state index in [4.69, 9.17) is 9.47 Å². The quantitative estimate of drug-likeness (QED) is 0.418. The maximum Gasteiger partial charge on any atom is 0.278 e. The lowest BCUT2D eigenvalue weighted by atomic mass is 10.1. The van der Waals surface area contributed by atoms with E-state index in [0.717, 1.165) is 0 Å². The average molecular weight is 283 g/mol. The van der Waals surface area contributed by atoms with Gasteiger partial charge in [0, 0.05) is 37.5 Å². The summed E-state index contributed by atoms with van der Waals surface area (Å²) in [6.07, 6.45) is 1.54. The van der Waals surface area contributed by atoms with Crippen molar-refractivity contribution < 1.29 is 14.4 Å². The SMILES string of the molecule is COCCOCCNCc1ncc(C)c([N+](=O)[O-])c1C. The maximum absolute atomic E-state index is 11.0. The first-order chi connectivity index (χ1) is 9.57. The van der Waals surface area contributed by atoms with E-state index in [9.17, 15) is 10.1 Å². The Morgan fingerprint density at radius 1 is 1.35 bits per heavy atom. The molecule has 0 unspecified atom stereocenters. The second-order valence-electron chi connectivity index (χ2n) is 4.40. The van der Waals surface area contributed by atoms with Crippen LogP contribution in [0, 0.1) is 24.0 Å². The molecule has 1 aromatic rings. The van der Waals surface area contributed by atoms with Gasteiger partial charge in [-0.3, -0.25) is 15.1 Å². The molecule has 0 aliphatic heterocycles. The Kier molecular flexibility index (Phi) is 7.06. The Bertz CT molecular complexity index is 451. The van der Waals surface area contributed by atoms with E-state index < -0.39 is 0 Å². The molecule has 0 aliphatic carbocycles. The minimum absolute atomic E-state index is 0.146. The number of aryl methyl sites for hydroxylation is 1. The van der Waals surface area contributed by atoms with Gasteiger partial charge < -0.3 is 14.8 Å². The largest absolute Gasteiger partial charge is 0.382 e.